The van der Waals surface area contributed by atoms with Crippen molar-refractivity contribution in [1.29, 1.82) is 0 Å². The van der Waals surface area contributed by atoms with Crippen molar-refractivity contribution < 1.29 is 22.7 Å². The second kappa shape index (κ2) is 4.29. The van der Waals surface area contributed by atoms with Crippen LogP contribution in [0, 0.1) is 0 Å². The number of aromatic nitrogens is 1. The van der Waals surface area contributed by atoms with Crippen LogP contribution in [0.2, 0.25) is 0 Å². The van der Waals surface area contributed by atoms with Crippen LogP contribution >= 0.6 is 0 Å². The van der Waals surface area contributed by atoms with E-state index >= 15 is 0 Å². The fourth-order valence-corrected chi connectivity index (χ4v) is 1.73. The fourth-order valence-electron chi connectivity index (χ4n) is 1.73. The first kappa shape index (κ1) is 12.3. The van der Waals surface area contributed by atoms with E-state index in [-0.39, 0.29) is 16.3 Å². The number of fused-ring (bicyclic) bond motifs is 1. The lowest BCUT2D eigenvalue weighted by molar-refractivity contribution is -0.136. The van der Waals surface area contributed by atoms with Gasteiger partial charge in [-0.15, -0.1) is 0 Å². The summed E-state index contributed by atoms with van der Waals surface area (Å²) in [7, 11) is 1.17. The summed E-state index contributed by atoms with van der Waals surface area (Å²) < 4.78 is 42.9. The predicted octanol–water partition coefficient (Wildman–Crippen LogP) is 3.04. The highest BCUT2D eigenvalue weighted by Crippen LogP contribution is 2.35. The van der Waals surface area contributed by atoms with Crippen LogP contribution in [0.3, 0.4) is 0 Å². The molecule has 0 spiro atoms. The predicted molar refractivity (Wildman–Crippen MR) is 58.1 cm³/mol. The highest BCUT2D eigenvalue weighted by Gasteiger charge is 2.33. The van der Waals surface area contributed by atoms with Crippen LogP contribution in [0.15, 0.2) is 30.6 Å². The van der Waals surface area contributed by atoms with E-state index in [9.17, 15) is 18.0 Å². The molecule has 0 radical (unpaired) electrons. The lowest BCUT2D eigenvalue weighted by Crippen LogP contribution is -2.09. The number of halogens is 3. The number of benzene rings is 1. The third-order valence-corrected chi connectivity index (χ3v) is 2.53. The van der Waals surface area contributed by atoms with Gasteiger partial charge in [-0.25, -0.2) is 4.79 Å². The summed E-state index contributed by atoms with van der Waals surface area (Å²) in [5.41, 5.74) is -0.735. The maximum Gasteiger partial charge on any atom is 0.417 e. The summed E-state index contributed by atoms with van der Waals surface area (Å²) >= 11 is 0. The zero-order valence-electron chi connectivity index (χ0n) is 9.28. The first-order valence-electron chi connectivity index (χ1n) is 4.97. The zero-order chi connectivity index (χ0) is 13.3. The largest absolute Gasteiger partial charge is 0.465 e. The number of hydrogen-bond acceptors (Lipinski definition) is 3. The lowest BCUT2D eigenvalue weighted by atomic mass is 10.0. The zero-order valence-corrected chi connectivity index (χ0v) is 9.28. The first-order chi connectivity index (χ1) is 8.45. The Labute approximate surface area is 100 Å². The van der Waals surface area contributed by atoms with Crippen LogP contribution in [-0.2, 0) is 10.9 Å². The van der Waals surface area contributed by atoms with Crippen LogP contribution in [0.4, 0.5) is 13.2 Å². The maximum absolute atomic E-state index is 12.8. The number of alkyl halides is 3. The summed E-state index contributed by atoms with van der Waals surface area (Å²) in [6, 6.07) is 3.19. The Morgan fingerprint density at radius 3 is 2.56 bits per heavy atom. The number of pyridine rings is 1. The van der Waals surface area contributed by atoms with Gasteiger partial charge < -0.3 is 4.74 Å². The van der Waals surface area contributed by atoms with Crippen molar-refractivity contribution in [3.63, 3.8) is 0 Å². The Hall–Kier alpha value is -2.11. The van der Waals surface area contributed by atoms with Crippen molar-refractivity contribution >= 4 is 16.7 Å². The SMILES string of the molecule is COC(=O)c1ccc(C(F)(F)F)c2ccncc12. The molecule has 0 aliphatic heterocycles. The molecule has 0 fully saturated rings. The molecule has 0 saturated carbocycles. The molecule has 0 N–H and O–H groups in total. The molecule has 0 amide bonds. The van der Waals surface area contributed by atoms with E-state index < -0.39 is 17.7 Å². The Morgan fingerprint density at radius 1 is 1.22 bits per heavy atom. The summed E-state index contributed by atoms with van der Waals surface area (Å²) in [4.78, 5) is 15.2. The van der Waals surface area contributed by atoms with Crippen molar-refractivity contribution in [1.82, 2.24) is 4.98 Å². The van der Waals surface area contributed by atoms with E-state index in [2.05, 4.69) is 9.72 Å². The van der Waals surface area contributed by atoms with E-state index in [1.165, 1.54) is 25.6 Å². The average Bonchev–Trinajstić information content (AvgIpc) is 2.35. The van der Waals surface area contributed by atoms with Crippen molar-refractivity contribution in [3.8, 4) is 0 Å². The van der Waals surface area contributed by atoms with Crippen LogP contribution in [0.25, 0.3) is 10.8 Å². The molecule has 2 rings (SSSR count). The summed E-state index contributed by atoms with van der Waals surface area (Å²) in [6.45, 7) is 0. The second-order valence-electron chi connectivity index (χ2n) is 3.57. The van der Waals surface area contributed by atoms with Gasteiger partial charge in [0.1, 0.15) is 0 Å². The lowest BCUT2D eigenvalue weighted by Gasteiger charge is -2.12. The van der Waals surface area contributed by atoms with Crippen molar-refractivity contribution in [3.05, 3.63) is 41.7 Å². The molecule has 0 aliphatic carbocycles. The van der Waals surface area contributed by atoms with E-state index in [4.69, 9.17) is 0 Å². The Balaban J connectivity index is 2.78. The second-order valence-corrected chi connectivity index (χ2v) is 3.57. The quantitative estimate of drug-likeness (QED) is 0.735. The highest BCUT2D eigenvalue weighted by atomic mass is 19.4. The molecule has 1 aromatic heterocycles. The molecule has 0 atom stereocenters. The number of ether oxygens (including phenoxy) is 1. The van der Waals surface area contributed by atoms with E-state index in [1.807, 2.05) is 0 Å². The van der Waals surface area contributed by atoms with Gasteiger partial charge in [-0.2, -0.15) is 13.2 Å². The number of carbonyl (C=O) groups excluding carboxylic acids is 1. The highest BCUT2D eigenvalue weighted by molar-refractivity contribution is 6.05. The number of esters is 1. The Kier molecular flexibility index (Phi) is 2.94. The van der Waals surface area contributed by atoms with E-state index in [1.54, 1.807) is 0 Å². The van der Waals surface area contributed by atoms with Gasteiger partial charge in [-0.1, -0.05) is 0 Å². The summed E-state index contributed by atoms with van der Waals surface area (Å²) in [5, 5.41) is 0.0552. The summed E-state index contributed by atoms with van der Waals surface area (Å²) in [5.74, 6) is -0.693. The standard InChI is InChI=1S/C12H8F3NO2/c1-18-11(17)8-2-3-10(12(13,14)15)7-4-5-16-6-9(7)8/h2-6H,1H3. The van der Waals surface area contributed by atoms with Crippen molar-refractivity contribution in [2.45, 2.75) is 6.18 Å². The van der Waals surface area contributed by atoms with Gasteiger partial charge in [-0.3, -0.25) is 4.98 Å². The molecule has 6 heteroatoms. The molecule has 2 aromatic rings. The molecule has 94 valence electrons. The number of rotatable bonds is 1. The van der Waals surface area contributed by atoms with Gasteiger partial charge in [0.25, 0.3) is 0 Å². The van der Waals surface area contributed by atoms with Crippen LogP contribution in [0.5, 0.6) is 0 Å². The number of carbonyl (C=O) groups is 1. The van der Waals surface area contributed by atoms with Crippen molar-refractivity contribution in [2.75, 3.05) is 7.11 Å². The van der Waals surface area contributed by atoms with Crippen LogP contribution in [0.1, 0.15) is 15.9 Å². The minimum Gasteiger partial charge on any atom is -0.465 e. The number of methoxy groups -OCH3 is 1. The minimum atomic E-state index is -4.48. The summed E-state index contributed by atoms with van der Waals surface area (Å²) in [6.07, 6.45) is -2.01. The smallest absolute Gasteiger partial charge is 0.417 e. The van der Waals surface area contributed by atoms with Gasteiger partial charge in [0.2, 0.25) is 0 Å². The van der Waals surface area contributed by atoms with E-state index in [0.29, 0.717) is 0 Å². The molecular weight excluding hydrogens is 247 g/mol. The molecule has 3 nitrogen and oxygen atoms in total. The van der Waals surface area contributed by atoms with Gasteiger partial charge >= 0.3 is 12.1 Å². The maximum atomic E-state index is 12.8. The monoisotopic (exact) mass is 255 g/mol. The van der Waals surface area contributed by atoms with Gasteiger partial charge in [0.15, 0.2) is 0 Å². The topological polar surface area (TPSA) is 39.2 Å². The first-order valence-corrected chi connectivity index (χ1v) is 4.97. The molecular formula is C12H8F3NO2. The molecule has 0 unspecified atom stereocenters. The molecule has 0 bridgehead atoms. The van der Waals surface area contributed by atoms with Gasteiger partial charge in [-0.05, 0) is 23.6 Å². The Bertz CT molecular complexity index is 608. The molecule has 0 aliphatic rings. The van der Waals surface area contributed by atoms with Crippen molar-refractivity contribution in [2.24, 2.45) is 0 Å². The molecule has 1 aromatic carbocycles. The van der Waals surface area contributed by atoms with Crippen LogP contribution in [-0.4, -0.2) is 18.1 Å². The molecule has 1 heterocycles. The van der Waals surface area contributed by atoms with Gasteiger partial charge in [0.05, 0.1) is 18.2 Å². The Morgan fingerprint density at radius 2 is 1.94 bits per heavy atom. The molecule has 0 saturated heterocycles. The fraction of sp³-hybridized carbons (Fsp3) is 0.167. The van der Waals surface area contributed by atoms with Gasteiger partial charge in [0, 0.05) is 17.8 Å². The number of nitrogens with zero attached hydrogens (tertiary/aromatic N) is 1. The normalized spacial score (nSPS) is 11.6. The molecule has 18 heavy (non-hydrogen) atoms. The average molecular weight is 255 g/mol. The number of hydrogen-bond donors (Lipinski definition) is 0. The third-order valence-electron chi connectivity index (χ3n) is 2.53. The third kappa shape index (κ3) is 2.01. The van der Waals surface area contributed by atoms with Crippen LogP contribution < -0.4 is 0 Å². The minimum absolute atomic E-state index is 0.0635. The van der Waals surface area contributed by atoms with E-state index in [0.717, 1.165) is 12.1 Å².